The zero-order valence-corrected chi connectivity index (χ0v) is 15.7. The maximum atomic E-state index is 12.0. The van der Waals surface area contributed by atoms with Gasteiger partial charge in [-0.3, -0.25) is 0 Å². The highest BCUT2D eigenvalue weighted by molar-refractivity contribution is 7.89. The number of halogens is 1. The fraction of sp³-hybridized carbons (Fsp3) is 0.375. The highest BCUT2D eigenvalue weighted by Gasteiger charge is 2.40. The van der Waals surface area contributed by atoms with E-state index in [1.54, 1.807) is 11.6 Å². The lowest BCUT2D eigenvalue weighted by Crippen LogP contribution is -2.42. The molecule has 1 aromatic heterocycles. The van der Waals surface area contributed by atoms with Gasteiger partial charge in [0.05, 0.1) is 24.3 Å². The summed E-state index contributed by atoms with van der Waals surface area (Å²) >= 11 is 6.07. The van der Waals surface area contributed by atoms with Gasteiger partial charge in [-0.25, -0.2) is 18.1 Å². The standard InChI is InChI=1S/C16H19ClN4O5S/c1-16(22)9-25-8-13(16)26-14-12(17)7-19-15(21-14)20-10-3-5-11(6-4-10)27(23,24)18-2/h3-7,13,18,22H,8-9H2,1-2H3,(H,19,20,21)/t13-,16+/m1/s1/i2D3. The van der Waals surface area contributed by atoms with Gasteiger partial charge >= 0.3 is 0 Å². The van der Waals surface area contributed by atoms with E-state index < -0.39 is 28.7 Å². The Labute approximate surface area is 166 Å². The summed E-state index contributed by atoms with van der Waals surface area (Å²) in [6.07, 6.45) is 0.656. The zero-order chi connectivity index (χ0) is 22.2. The summed E-state index contributed by atoms with van der Waals surface area (Å²) in [7, 11) is -4.19. The van der Waals surface area contributed by atoms with E-state index >= 15 is 0 Å². The molecule has 1 saturated heterocycles. The van der Waals surface area contributed by atoms with Crippen LogP contribution in [0, 0.1) is 0 Å². The Morgan fingerprint density at radius 1 is 1.44 bits per heavy atom. The van der Waals surface area contributed by atoms with E-state index in [-0.39, 0.29) is 35.0 Å². The predicted molar refractivity (Wildman–Crippen MR) is 98.9 cm³/mol. The molecule has 0 radical (unpaired) electrons. The van der Waals surface area contributed by atoms with E-state index in [4.69, 9.17) is 25.2 Å². The molecule has 0 amide bonds. The van der Waals surface area contributed by atoms with Gasteiger partial charge in [-0.1, -0.05) is 11.6 Å². The van der Waals surface area contributed by atoms with Gasteiger partial charge in [-0.05, 0) is 38.2 Å². The molecule has 0 bridgehead atoms. The molecule has 2 heterocycles. The first-order valence-electron chi connectivity index (χ1n) is 9.26. The number of anilines is 2. The van der Waals surface area contributed by atoms with Crippen molar-refractivity contribution in [1.82, 2.24) is 14.7 Å². The average molecular weight is 418 g/mol. The van der Waals surface area contributed by atoms with E-state index in [2.05, 4.69) is 15.3 Å². The lowest BCUT2D eigenvalue weighted by molar-refractivity contribution is -0.0175. The van der Waals surface area contributed by atoms with Gasteiger partial charge in [0, 0.05) is 9.80 Å². The first-order valence-corrected chi connectivity index (χ1v) is 9.62. The van der Waals surface area contributed by atoms with Gasteiger partial charge < -0.3 is 19.9 Å². The minimum atomic E-state index is -4.19. The number of aromatic nitrogens is 2. The summed E-state index contributed by atoms with van der Waals surface area (Å²) in [5, 5.41) is 13.2. The van der Waals surface area contributed by atoms with Crippen molar-refractivity contribution >= 4 is 33.3 Å². The third-order valence-corrected chi connectivity index (χ3v) is 5.30. The first-order chi connectivity index (χ1) is 13.9. The lowest BCUT2D eigenvalue weighted by atomic mass is 10.0. The molecule has 27 heavy (non-hydrogen) atoms. The third-order valence-electron chi connectivity index (χ3n) is 3.88. The van der Waals surface area contributed by atoms with Gasteiger partial charge in [0.25, 0.3) is 0 Å². The van der Waals surface area contributed by atoms with Crippen molar-refractivity contribution in [3.8, 4) is 5.88 Å². The topological polar surface area (TPSA) is 123 Å². The fourth-order valence-corrected chi connectivity index (χ4v) is 3.09. The van der Waals surface area contributed by atoms with Crippen molar-refractivity contribution in [2.45, 2.75) is 23.5 Å². The molecule has 0 spiro atoms. The second-order valence-electron chi connectivity index (χ2n) is 6.08. The number of sulfonamides is 1. The Morgan fingerprint density at radius 2 is 2.19 bits per heavy atom. The van der Waals surface area contributed by atoms with Gasteiger partial charge in [-0.2, -0.15) is 4.98 Å². The van der Waals surface area contributed by atoms with Crippen molar-refractivity contribution in [3.05, 3.63) is 35.5 Å². The van der Waals surface area contributed by atoms with Crippen molar-refractivity contribution in [2.75, 3.05) is 25.5 Å². The molecule has 1 aromatic carbocycles. The van der Waals surface area contributed by atoms with Crippen LogP contribution < -0.4 is 14.8 Å². The molecule has 0 unspecified atom stereocenters. The molecule has 2 atom stereocenters. The molecule has 0 saturated carbocycles. The molecule has 1 aliphatic rings. The molecule has 3 rings (SSSR count). The van der Waals surface area contributed by atoms with Crippen LogP contribution in [0.15, 0.2) is 35.4 Å². The second kappa shape index (κ2) is 7.56. The van der Waals surface area contributed by atoms with Crippen LogP contribution in [0.3, 0.4) is 0 Å². The number of rotatable bonds is 6. The monoisotopic (exact) mass is 417 g/mol. The Hall–Kier alpha value is -1.98. The fourth-order valence-electron chi connectivity index (χ4n) is 2.34. The Morgan fingerprint density at radius 3 is 2.81 bits per heavy atom. The molecule has 2 aromatic rings. The van der Waals surface area contributed by atoms with Crippen LogP contribution in [0.4, 0.5) is 11.6 Å². The van der Waals surface area contributed by atoms with Crippen molar-refractivity contribution in [2.24, 2.45) is 0 Å². The van der Waals surface area contributed by atoms with Crippen LogP contribution in [-0.4, -0.2) is 55.4 Å². The highest BCUT2D eigenvalue weighted by atomic mass is 35.5. The predicted octanol–water partition coefficient (Wildman–Crippen LogP) is 1.31. The molecule has 1 aliphatic heterocycles. The van der Waals surface area contributed by atoms with Crippen molar-refractivity contribution in [3.63, 3.8) is 0 Å². The maximum Gasteiger partial charge on any atom is 0.240 e. The van der Waals surface area contributed by atoms with Crippen LogP contribution in [0.25, 0.3) is 0 Å². The molecule has 1 fully saturated rings. The van der Waals surface area contributed by atoms with Crippen LogP contribution in [-0.2, 0) is 14.8 Å². The summed E-state index contributed by atoms with van der Waals surface area (Å²) in [5.41, 5.74) is -0.751. The average Bonchev–Trinajstić information content (AvgIpc) is 2.94. The largest absolute Gasteiger partial charge is 0.468 e. The molecule has 146 valence electrons. The van der Waals surface area contributed by atoms with E-state index in [1.165, 1.54) is 30.5 Å². The van der Waals surface area contributed by atoms with Gasteiger partial charge in [-0.15, -0.1) is 0 Å². The first kappa shape index (κ1) is 16.0. The molecular weight excluding hydrogens is 396 g/mol. The number of hydrogen-bond acceptors (Lipinski definition) is 8. The number of nitrogens with zero attached hydrogens (tertiary/aromatic N) is 2. The van der Waals surface area contributed by atoms with Gasteiger partial charge in [0.1, 0.15) is 10.6 Å². The van der Waals surface area contributed by atoms with Crippen molar-refractivity contribution in [1.29, 1.82) is 0 Å². The lowest BCUT2D eigenvalue weighted by Gasteiger charge is -2.23. The number of hydrogen-bond donors (Lipinski definition) is 3. The van der Waals surface area contributed by atoms with Crippen LogP contribution >= 0.6 is 11.6 Å². The van der Waals surface area contributed by atoms with E-state index in [0.29, 0.717) is 5.69 Å². The Balaban J connectivity index is 1.74. The van der Waals surface area contributed by atoms with Gasteiger partial charge in [0.15, 0.2) is 6.10 Å². The maximum absolute atomic E-state index is 12.0. The summed E-state index contributed by atoms with van der Waals surface area (Å²) in [4.78, 5) is 7.99. The van der Waals surface area contributed by atoms with Crippen LogP contribution in [0.2, 0.25) is 5.02 Å². The number of nitrogens with one attached hydrogen (secondary N) is 2. The molecule has 0 aliphatic carbocycles. The summed E-state index contributed by atoms with van der Waals surface area (Å²) < 4.78 is 57.7. The second-order valence-corrected chi connectivity index (χ2v) is 8.17. The highest BCUT2D eigenvalue weighted by Crippen LogP contribution is 2.29. The molecule has 3 N–H and O–H groups in total. The number of benzene rings is 1. The molecule has 9 nitrogen and oxygen atoms in total. The van der Waals surface area contributed by atoms with E-state index in [1.807, 2.05) is 0 Å². The van der Waals surface area contributed by atoms with E-state index in [9.17, 15) is 13.5 Å². The molecular formula is C16H19ClN4O5S. The SMILES string of the molecule is [2H]C([2H])([2H])NS(=O)(=O)c1ccc(Nc2ncc(Cl)c(O[C@@H]3COC[C@]3(C)O)n2)cc1. The normalized spacial score (nSPS) is 24.7. The van der Waals surface area contributed by atoms with Crippen LogP contribution in [0.5, 0.6) is 5.88 Å². The smallest absolute Gasteiger partial charge is 0.240 e. The summed E-state index contributed by atoms with van der Waals surface area (Å²) in [6.45, 7) is -0.957. The zero-order valence-electron chi connectivity index (χ0n) is 17.1. The Kier molecular flexibility index (Phi) is 4.49. The van der Waals surface area contributed by atoms with Crippen LogP contribution in [0.1, 0.15) is 11.0 Å². The summed E-state index contributed by atoms with van der Waals surface area (Å²) in [5.74, 6) is 0.162. The van der Waals surface area contributed by atoms with E-state index in [0.717, 1.165) is 0 Å². The molecule has 11 heteroatoms. The minimum absolute atomic E-state index is 0.0472. The summed E-state index contributed by atoms with van der Waals surface area (Å²) in [6, 6.07) is 5.30. The number of aliphatic hydroxyl groups is 1. The third kappa shape index (κ3) is 4.47. The number of ether oxygens (including phenoxy) is 2. The minimum Gasteiger partial charge on any atom is -0.468 e. The van der Waals surface area contributed by atoms with Gasteiger partial charge in [0.2, 0.25) is 21.9 Å². The quantitative estimate of drug-likeness (QED) is 0.643. The van der Waals surface area contributed by atoms with Crippen molar-refractivity contribution < 1.29 is 27.1 Å². The Bertz CT molecular complexity index is 1020.